The third-order valence-corrected chi connectivity index (χ3v) is 6.13. The van der Waals surface area contributed by atoms with E-state index in [1.165, 1.54) is 35.5 Å². The number of rotatable bonds is 4. The van der Waals surface area contributed by atoms with Crippen LogP contribution >= 0.6 is 23.6 Å². The molecule has 7 nitrogen and oxygen atoms in total. The number of benzene rings is 1. The van der Waals surface area contributed by atoms with Gasteiger partial charge in [0, 0.05) is 22.7 Å². The maximum absolute atomic E-state index is 12.4. The van der Waals surface area contributed by atoms with Gasteiger partial charge >= 0.3 is 5.97 Å². The molecule has 1 aromatic carbocycles. The molecule has 1 aromatic heterocycles. The van der Waals surface area contributed by atoms with Gasteiger partial charge in [-0.2, -0.15) is 0 Å². The summed E-state index contributed by atoms with van der Waals surface area (Å²) < 4.78 is 4.99. The number of esters is 1. The lowest BCUT2D eigenvalue weighted by Crippen LogP contribution is -2.20. The maximum Gasteiger partial charge on any atom is 0.341 e. The summed E-state index contributed by atoms with van der Waals surface area (Å²) in [6.07, 6.45) is 5.08. The molecule has 0 aliphatic heterocycles. The number of thiophene rings is 1. The molecule has 28 heavy (non-hydrogen) atoms. The second-order valence-corrected chi connectivity index (χ2v) is 8.11. The van der Waals surface area contributed by atoms with Crippen molar-refractivity contribution in [3.8, 4) is 0 Å². The topological polar surface area (TPSA) is 93.5 Å². The molecule has 0 atom stereocenters. The number of nitro groups is 1. The number of carbonyl (C=O) groups is 1. The molecule has 0 bridgehead atoms. The van der Waals surface area contributed by atoms with Crippen molar-refractivity contribution in [2.75, 3.05) is 17.7 Å². The number of ether oxygens (including phenoxy) is 1. The van der Waals surface area contributed by atoms with Crippen LogP contribution in [0, 0.1) is 17.0 Å². The lowest BCUT2D eigenvalue weighted by atomic mass is 10.1. The molecule has 1 heterocycles. The van der Waals surface area contributed by atoms with Gasteiger partial charge in [-0.1, -0.05) is 12.5 Å². The summed E-state index contributed by atoms with van der Waals surface area (Å²) >= 11 is 6.92. The molecular formula is C19H21N3O4S2. The zero-order chi connectivity index (χ0) is 20.3. The van der Waals surface area contributed by atoms with Crippen LogP contribution in [-0.4, -0.2) is 23.1 Å². The third-order valence-electron chi connectivity index (χ3n) is 4.72. The molecule has 0 radical (unpaired) electrons. The average Bonchev–Trinajstić information content (AvgIpc) is 2.83. The highest BCUT2D eigenvalue weighted by molar-refractivity contribution is 7.80. The minimum Gasteiger partial charge on any atom is -0.465 e. The van der Waals surface area contributed by atoms with Gasteiger partial charge < -0.3 is 15.4 Å². The molecule has 0 fully saturated rings. The van der Waals surface area contributed by atoms with Crippen molar-refractivity contribution in [3.05, 3.63) is 49.9 Å². The van der Waals surface area contributed by atoms with Crippen molar-refractivity contribution in [3.63, 3.8) is 0 Å². The van der Waals surface area contributed by atoms with Crippen LogP contribution in [0.2, 0.25) is 0 Å². The number of nitro benzene ring substituents is 1. The highest BCUT2D eigenvalue weighted by Crippen LogP contribution is 2.38. The van der Waals surface area contributed by atoms with Crippen LogP contribution in [0.15, 0.2) is 18.2 Å². The largest absolute Gasteiger partial charge is 0.465 e. The first-order valence-corrected chi connectivity index (χ1v) is 10.2. The first-order valence-electron chi connectivity index (χ1n) is 8.96. The van der Waals surface area contributed by atoms with Crippen molar-refractivity contribution < 1.29 is 14.5 Å². The molecule has 0 saturated carbocycles. The number of non-ortho nitro benzene ring substituents is 1. The highest BCUT2D eigenvalue weighted by atomic mass is 32.1. The van der Waals surface area contributed by atoms with E-state index in [-0.39, 0.29) is 16.8 Å². The Morgan fingerprint density at radius 2 is 2.00 bits per heavy atom. The molecule has 0 spiro atoms. The van der Waals surface area contributed by atoms with Crippen molar-refractivity contribution in [2.24, 2.45) is 0 Å². The fraction of sp³-hybridized carbons (Fsp3) is 0.368. The highest BCUT2D eigenvalue weighted by Gasteiger charge is 2.25. The minimum atomic E-state index is -0.452. The third kappa shape index (κ3) is 4.31. The molecule has 2 aromatic rings. The van der Waals surface area contributed by atoms with E-state index in [0.29, 0.717) is 16.3 Å². The number of nitrogens with zero attached hydrogens (tertiary/aromatic N) is 1. The number of hydrogen-bond acceptors (Lipinski definition) is 6. The molecule has 1 aliphatic carbocycles. The molecule has 2 N–H and O–H groups in total. The standard InChI is InChI=1S/C19H21N3O4S2/c1-11-8-9-12(22(24)25)10-14(11)20-19(27)21-17-16(18(23)26-2)13-6-4-3-5-7-15(13)28-17/h8-10H,3-7H2,1-2H3,(H2,20,21,27). The van der Waals surface area contributed by atoms with E-state index < -0.39 is 4.92 Å². The number of methoxy groups -OCH3 is 1. The van der Waals surface area contributed by atoms with E-state index in [1.54, 1.807) is 6.07 Å². The van der Waals surface area contributed by atoms with Gasteiger partial charge in [0.25, 0.3) is 5.69 Å². The van der Waals surface area contributed by atoms with Gasteiger partial charge in [-0.25, -0.2) is 4.79 Å². The van der Waals surface area contributed by atoms with Gasteiger partial charge in [-0.3, -0.25) is 10.1 Å². The quantitative estimate of drug-likeness (QED) is 0.241. The summed E-state index contributed by atoms with van der Waals surface area (Å²) in [4.78, 5) is 24.2. The van der Waals surface area contributed by atoms with Crippen LogP contribution in [0.25, 0.3) is 0 Å². The number of anilines is 2. The number of hydrogen-bond donors (Lipinski definition) is 2. The van der Waals surface area contributed by atoms with E-state index in [2.05, 4.69) is 10.6 Å². The maximum atomic E-state index is 12.4. The Bertz CT molecular complexity index is 940. The predicted octanol–water partition coefficient (Wildman–Crippen LogP) is 4.83. The predicted molar refractivity (Wildman–Crippen MR) is 115 cm³/mol. The van der Waals surface area contributed by atoms with Crippen LogP contribution in [0.4, 0.5) is 16.4 Å². The van der Waals surface area contributed by atoms with Crippen molar-refractivity contribution in [2.45, 2.75) is 39.0 Å². The van der Waals surface area contributed by atoms with Crippen LogP contribution in [0.5, 0.6) is 0 Å². The summed E-state index contributed by atoms with van der Waals surface area (Å²) in [6, 6.07) is 4.55. The SMILES string of the molecule is COC(=O)c1c(NC(=S)Nc2cc([N+](=O)[O-])ccc2C)sc2c1CCCCC2. The molecule has 9 heteroatoms. The van der Waals surface area contributed by atoms with E-state index >= 15 is 0 Å². The normalized spacial score (nSPS) is 13.2. The summed E-state index contributed by atoms with van der Waals surface area (Å²) in [5.74, 6) is -0.378. The Morgan fingerprint density at radius 1 is 1.25 bits per heavy atom. The van der Waals surface area contributed by atoms with E-state index in [1.807, 2.05) is 6.92 Å². The minimum absolute atomic E-state index is 0.0195. The van der Waals surface area contributed by atoms with Crippen molar-refractivity contribution in [1.82, 2.24) is 0 Å². The van der Waals surface area contributed by atoms with Gasteiger partial charge in [0.05, 0.1) is 17.6 Å². The average molecular weight is 420 g/mol. The van der Waals surface area contributed by atoms with Gasteiger partial charge in [-0.15, -0.1) is 11.3 Å². The zero-order valence-corrected chi connectivity index (χ0v) is 17.3. The second kappa shape index (κ2) is 8.66. The lowest BCUT2D eigenvalue weighted by molar-refractivity contribution is -0.384. The summed E-state index contributed by atoms with van der Waals surface area (Å²) in [5.41, 5.74) is 2.94. The smallest absolute Gasteiger partial charge is 0.341 e. The number of carbonyl (C=O) groups excluding carboxylic acids is 1. The second-order valence-electron chi connectivity index (χ2n) is 6.60. The van der Waals surface area contributed by atoms with Crippen molar-refractivity contribution >= 4 is 51.0 Å². The monoisotopic (exact) mass is 419 g/mol. The summed E-state index contributed by atoms with van der Waals surface area (Å²) in [7, 11) is 1.37. The summed E-state index contributed by atoms with van der Waals surface area (Å²) in [6.45, 7) is 1.84. The van der Waals surface area contributed by atoms with E-state index in [0.717, 1.165) is 43.2 Å². The number of thiocarbonyl (C=S) groups is 1. The Labute approximate surface area is 172 Å². The molecule has 1 aliphatic rings. The summed E-state index contributed by atoms with van der Waals surface area (Å²) in [5, 5.41) is 18.0. The molecule has 0 amide bonds. The van der Waals surface area contributed by atoms with Crippen LogP contribution in [0.1, 0.15) is 45.6 Å². The van der Waals surface area contributed by atoms with E-state index in [4.69, 9.17) is 17.0 Å². The molecule has 148 valence electrons. The van der Waals surface area contributed by atoms with Gasteiger partial charge in [0.15, 0.2) is 5.11 Å². The van der Waals surface area contributed by atoms with Crippen LogP contribution in [-0.2, 0) is 17.6 Å². The van der Waals surface area contributed by atoms with Gasteiger partial charge in [0.2, 0.25) is 0 Å². The first-order chi connectivity index (χ1) is 13.4. The van der Waals surface area contributed by atoms with E-state index in [9.17, 15) is 14.9 Å². The van der Waals surface area contributed by atoms with Crippen molar-refractivity contribution in [1.29, 1.82) is 0 Å². The first kappa shape index (κ1) is 20.2. The number of aryl methyl sites for hydroxylation is 2. The Morgan fingerprint density at radius 3 is 2.71 bits per heavy atom. The Kier molecular flexibility index (Phi) is 6.25. The molecule has 0 saturated heterocycles. The molecule has 3 rings (SSSR count). The van der Waals surface area contributed by atoms with Gasteiger partial charge in [-0.05, 0) is 56.0 Å². The van der Waals surface area contributed by atoms with Gasteiger partial charge in [0.1, 0.15) is 5.00 Å². The van der Waals surface area contributed by atoms with Crippen LogP contribution in [0.3, 0.4) is 0 Å². The lowest BCUT2D eigenvalue weighted by Gasteiger charge is -2.13. The number of nitrogens with one attached hydrogen (secondary N) is 2. The molecular weight excluding hydrogens is 398 g/mol. The van der Waals surface area contributed by atoms with Crippen LogP contribution < -0.4 is 10.6 Å². The Balaban J connectivity index is 1.85. The zero-order valence-electron chi connectivity index (χ0n) is 15.7. The Hall–Kier alpha value is -2.52. The fourth-order valence-electron chi connectivity index (χ4n) is 3.26. The fourth-order valence-corrected chi connectivity index (χ4v) is 4.82. The number of fused-ring (bicyclic) bond motifs is 1. The molecule has 0 unspecified atom stereocenters.